The predicted octanol–water partition coefficient (Wildman–Crippen LogP) is 1.94. The second-order valence-electron chi connectivity index (χ2n) is 5.64. The Kier molecular flexibility index (Phi) is 4.29. The maximum atomic E-state index is 12.4. The van der Waals surface area contributed by atoms with Crippen LogP contribution in [-0.4, -0.2) is 23.8 Å². The molecule has 1 atom stereocenters. The minimum absolute atomic E-state index is 0.157. The highest BCUT2D eigenvalue weighted by Gasteiger charge is 2.28. The number of amides is 3. The molecular weight excluding hydrogens is 306 g/mol. The third-order valence-electron chi connectivity index (χ3n) is 3.78. The molecule has 24 heavy (non-hydrogen) atoms. The van der Waals surface area contributed by atoms with Gasteiger partial charge in [-0.3, -0.25) is 14.4 Å². The average molecular weight is 323 g/mol. The first-order chi connectivity index (χ1) is 11.5. The lowest BCUT2D eigenvalue weighted by Crippen LogP contribution is -2.48. The van der Waals surface area contributed by atoms with Crippen LogP contribution >= 0.6 is 0 Å². The summed E-state index contributed by atoms with van der Waals surface area (Å²) < 4.78 is 0. The molecule has 122 valence electrons. The Morgan fingerprint density at radius 3 is 2.29 bits per heavy atom. The minimum atomic E-state index is -0.609. The average Bonchev–Trinajstić information content (AvgIpc) is 2.56. The van der Waals surface area contributed by atoms with E-state index >= 15 is 0 Å². The first-order valence-corrected chi connectivity index (χ1v) is 7.60. The van der Waals surface area contributed by atoms with Crippen molar-refractivity contribution in [1.29, 1.82) is 0 Å². The van der Waals surface area contributed by atoms with Crippen LogP contribution < -0.4 is 16.0 Å². The molecule has 0 saturated heterocycles. The Morgan fingerprint density at radius 1 is 1.00 bits per heavy atom. The van der Waals surface area contributed by atoms with E-state index in [2.05, 4.69) is 16.0 Å². The third kappa shape index (κ3) is 3.43. The van der Waals surface area contributed by atoms with Crippen LogP contribution in [-0.2, 0) is 16.0 Å². The smallest absolute Gasteiger partial charge is 0.252 e. The number of hydrogen-bond acceptors (Lipinski definition) is 3. The fourth-order valence-electron chi connectivity index (χ4n) is 2.65. The number of fused-ring (bicyclic) bond motifs is 1. The van der Waals surface area contributed by atoms with Gasteiger partial charge in [0.15, 0.2) is 0 Å². The van der Waals surface area contributed by atoms with Crippen LogP contribution in [0.25, 0.3) is 0 Å². The summed E-state index contributed by atoms with van der Waals surface area (Å²) in [6, 6.07) is 13.4. The highest BCUT2D eigenvalue weighted by Crippen LogP contribution is 2.18. The Labute approximate surface area is 139 Å². The summed E-state index contributed by atoms with van der Waals surface area (Å²) in [5.41, 5.74) is 2.73. The molecule has 2 aromatic rings. The van der Waals surface area contributed by atoms with Crippen molar-refractivity contribution in [1.82, 2.24) is 5.32 Å². The minimum Gasteiger partial charge on any atom is -0.340 e. The SMILES string of the molecule is CC(=O)Nc1ccc(NC(=O)C2Cc3ccccc3C(=O)N2)cc1. The van der Waals surface area contributed by atoms with Crippen LogP contribution in [0.5, 0.6) is 0 Å². The fourth-order valence-corrected chi connectivity index (χ4v) is 2.65. The molecule has 0 aliphatic carbocycles. The zero-order valence-corrected chi connectivity index (χ0v) is 13.1. The molecule has 6 heteroatoms. The largest absolute Gasteiger partial charge is 0.340 e. The molecule has 3 rings (SSSR count). The van der Waals surface area contributed by atoms with Crippen molar-refractivity contribution in [3.63, 3.8) is 0 Å². The summed E-state index contributed by atoms with van der Waals surface area (Å²) in [7, 11) is 0. The topological polar surface area (TPSA) is 87.3 Å². The summed E-state index contributed by atoms with van der Waals surface area (Å²) >= 11 is 0. The van der Waals surface area contributed by atoms with E-state index in [0.29, 0.717) is 23.4 Å². The van der Waals surface area contributed by atoms with Gasteiger partial charge in [0, 0.05) is 30.3 Å². The molecule has 0 spiro atoms. The van der Waals surface area contributed by atoms with Crippen molar-refractivity contribution in [2.75, 3.05) is 10.6 Å². The van der Waals surface area contributed by atoms with Gasteiger partial charge in [0.05, 0.1) is 0 Å². The third-order valence-corrected chi connectivity index (χ3v) is 3.78. The molecule has 3 amide bonds. The molecule has 0 bridgehead atoms. The van der Waals surface area contributed by atoms with E-state index in [9.17, 15) is 14.4 Å². The van der Waals surface area contributed by atoms with E-state index in [0.717, 1.165) is 5.56 Å². The summed E-state index contributed by atoms with van der Waals surface area (Å²) in [6.45, 7) is 1.43. The van der Waals surface area contributed by atoms with Crippen molar-refractivity contribution >= 4 is 29.1 Å². The first-order valence-electron chi connectivity index (χ1n) is 7.60. The normalized spacial score (nSPS) is 15.9. The summed E-state index contributed by atoms with van der Waals surface area (Å²) in [6.07, 6.45) is 0.456. The molecule has 3 N–H and O–H groups in total. The van der Waals surface area contributed by atoms with Gasteiger partial charge in [-0.05, 0) is 35.9 Å². The second-order valence-corrected chi connectivity index (χ2v) is 5.64. The van der Waals surface area contributed by atoms with Gasteiger partial charge in [-0.2, -0.15) is 0 Å². The van der Waals surface area contributed by atoms with Gasteiger partial charge in [0.2, 0.25) is 11.8 Å². The van der Waals surface area contributed by atoms with Crippen LogP contribution in [0.15, 0.2) is 48.5 Å². The van der Waals surface area contributed by atoms with Crippen LogP contribution in [0.1, 0.15) is 22.8 Å². The lowest BCUT2D eigenvalue weighted by atomic mass is 9.95. The molecule has 0 saturated carbocycles. The Balaban J connectivity index is 1.67. The summed E-state index contributed by atoms with van der Waals surface area (Å²) in [5, 5.41) is 8.16. The number of carbonyl (C=O) groups is 3. The van der Waals surface area contributed by atoms with Crippen molar-refractivity contribution in [2.24, 2.45) is 0 Å². The van der Waals surface area contributed by atoms with E-state index in [1.165, 1.54) is 6.92 Å². The Bertz CT molecular complexity index is 799. The van der Waals surface area contributed by atoms with Crippen molar-refractivity contribution in [3.8, 4) is 0 Å². The number of carbonyl (C=O) groups excluding carboxylic acids is 3. The molecule has 2 aromatic carbocycles. The molecule has 1 aliphatic heterocycles. The monoisotopic (exact) mass is 323 g/mol. The van der Waals surface area contributed by atoms with Crippen LogP contribution in [0.2, 0.25) is 0 Å². The predicted molar refractivity (Wildman–Crippen MR) is 90.8 cm³/mol. The summed E-state index contributed by atoms with van der Waals surface area (Å²) in [5.74, 6) is -0.668. The highest BCUT2D eigenvalue weighted by atomic mass is 16.2. The number of rotatable bonds is 3. The standard InChI is InChI=1S/C18H17N3O3/c1-11(22)19-13-6-8-14(9-7-13)20-18(24)16-10-12-4-2-3-5-15(12)17(23)21-16/h2-9,16H,10H2,1H3,(H,19,22)(H,20,24)(H,21,23). The maximum absolute atomic E-state index is 12.4. The number of hydrogen-bond donors (Lipinski definition) is 3. The van der Waals surface area contributed by atoms with Crippen LogP contribution in [0.4, 0.5) is 11.4 Å². The number of benzene rings is 2. The van der Waals surface area contributed by atoms with Gasteiger partial charge in [0.1, 0.15) is 6.04 Å². The quantitative estimate of drug-likeness (QED) is 0.806. The van der Waals surface area contributed by atoms with E-state index < -0.39 is 6.04 Å². The molecule has 1 heterocycles. The summed E-state index contributed by atoms with van der Waals surface area (Å²) in [4.78, 5) is 35.5. The molecular formula is C18H17N3O3. The fraction of sp³-hybridized carbons (Fsp3) is 0.167. The van der Waals surface area contributed by atoms with Crippen molar-refractivity contribution in [3.05, 3.63) is 59.7 Å². The molecule has 1 unspecified atom stereocenters. The number of anilines is 2. The molecule has 0 radical (unpaired) electrons. The van der Waals surface area contributed by atoms with Crippen LogP contribution in [0.3, 0.4) is 0 Å². The van der Waals surface area contributed by atoms with Gasteiger partial charge in [-0.15, -0.1) is 0 Å². The molecule has 1 aliphatic rings. The molecule has 0 fully saturated rings. The van der Waals surface area contributed by atoms with Gasteiger partial charge in [-0.25, -0.2) is 0 Å². The van der Waals surface area contributed by atoms with Gasteiger partial charge < -0.3 is 16.0 Å². The number of nitrogens with one attached hydrogen (secondary N) is 3. The van der Waals surface area contributed by atoms with Gasteiger partial charge >= 0.3 is 0 Å². The second kappa shape index (κ2) is 6.54. The van der Waals surface area contributed by atoms with E-state index in [-0.39, 0.29) is 17.7 Å². The van der Waals surface area contributed by atoms with Gasteiger partial charge in [0.25, 0.3) is 5.91 Å². The van der Waals surface area contributed by atoms with Crippen LogP contribution in [0, 0.1) is 0 Å². The lowest BCUT2D eigenvalue weighted by molar-refractivity contribution is -0.118. The van der Waals surface area contributed by atoms with Crippen molar-refractivity contribution in [2.45, 2.75) is 19.4 Å². The van der Waals surface area contributed by atoms with Gasteiger partial charge in [-0.1, -0.05) is 18.2 Å². The molecule has 0 aromatic heterocycles. The zero-order chi connectivity index (χ0) is 17.1. The lowest BCUT2D eigenvalue weighted by Gasteiger charge is -2.24. The van der Waals surface area contributed by atoms with E-state index in [1.54, 1.807) is 36.4 Å². The maximum Gasteiger partial charge on any atom is 0.252 e. The Hall–Kier alpha value is -3.15. The highest BCUT2D eigenvalue weighted by molar-refractivity contribution is 6.04. The zero-order valence-electron chi connectivity index (χ0n) is 13.1. The van der Waals surface area contributed by atoms with E-state index in [4.69, 9.17) is 0 Å². The first kappa shape index (κ1) is 15.7. The van der Waals surface area contributed by atoms with E-state index in [1.807, 2.05) is 12.1 Å². The Morgan fingerprint density at radius 2 is 1.62 bits per heavy atom. The molecule has 6 nitrogen and oxygen atoms in total. The van der Waals surface area contributed by atoms with Crippen molar-refractivity contribution < 1.29 is 14.4 Å².